The van der Waals surface area contributed by atoms with Gasteiger partial charge in [-0.15, -0.1) is 0 Å². The van der Waals surface area contributed by atoms with Crippen molar-refractivity contribution >= 4 is 38.3 Å². The molecular weight excluding hydrogens is 1490 g/mol. The molecule has 2 aromatic carbocycles. The zero-order valence-electron chi connectivity index (χ0n) is 67.2. The minimum absolute atomic E-state index is 0.0922. The summed E-state index contributed by atoms with van der Waals surface area (Å²) in [6.07, 6.45) is 35.1. The molecule has 3 aliphatic rings. The molecule has 6 aromatic rings. The summed E-state index contributed by atoms with van der Waals surface area (Å²) < 4.78 is 98.8. The lowest BCUT2D eigenvalue weighted by Crippen LogP contribution is -2.41. The van der Waals surface area contributed by atoms with E-state index in [1.54, 1.807) is 32.0 Å². The Labute approximate surface area is 668 Å². The Kier molecular flexibility index (Phi) is 40.4. The topological polar surface area (TPSA) is 386 Å². The van der Waals surface area contributed by atoms with Crippen molar-refractivity contribution in [3.05, 3.63) is 120 Å². The van der Waals surface area contributed by atoms with E-state index in [2.05, 4.69) is 40.1 Å². The van der Waals surface area contributed by atoms with E-state index in [1.807, 2.05) is 66.7 Å². The molecule has 3 saturated heterocycles. The molecule has 0 amide bonds. The number of nitrogens with two attached hydrogens (primary N) is 2. The highest BCUT2D eigenvalue weighted by molar-refractivity contribution is 7.47. The van der Waals surface area contributed by atoms with Crippen LogP contribution in [0.4, 0.5) is 11.6 Å². The number of rotatable bonds is 58. The summed E-state index contributed by atoms with van der Waals surface area (Å²) in [6, 6.07) is 29.7. The van der Waals surface area contributed by atoms with Gasteiger partial charge in [-0.25, -0.2) is 28.1 Å². The van der Waals surface area contributed by atoms with Gasteiger partial charge in [-0.2, -0.15) is 20.7 Å². The van der Waals surface area contributed by atoms with Gasteiger partial charge in [-0.05, 0) is 62.1 Å². The third-order valence-electron chi connectivity index (χ3n) is 20.9. The summed E-state index contributed by atoms with van der Waals surface area (Å²) in [7, 11) is -9.34. The number of nitrogen functional groups attached to an aromatic ring is 2. The summed E-state index contributed by atoms with van der Waals surface area (Å²) in [5.41, 5.74) is 11.3. The van der Waals surface area contributed by atoms with Gasteiger partial charge in [-0.1, -0.05) is 267 Å². The van der Waals surface area contributed by atoms with Crippen molar-refractivity contribution in [3.63, 3.8) is 0 Å². The second kappa shape index (κ2) is 49.3. The highest BCUT2D eigenvalue weighted by Crippen LogP contribution is 2.52. The van der Waals surface area contributed by atoms with E-state index in [0.29, 0.717) is 29.9 Å². The number of aliphatic hydroxyl groups is 2. The molecule has 2 unspecified atom stereocenters. The van der Waals surface area contributed by atoms with E-state index in [1.165, 1.54) is 208 Å². The number of nitriles is 2. The standard InChI is InChI=1S/C43H66N5O9P.C40H62N5O9P/c1-4-5-6-7-8-9-10-11-12-13-14-15-16-17-18-22-27-51-29-35(52-28-34-23-20-19-21-24-34)30-53-58(49,50)54-31-37-39-40(57-42(2,3)56-39)43(32-44,55-37)38-26-25-36-41(45)46-33-47-48(36)38;1-2-3-4-5-6-7-8-9-10-11-12-13-14-15-16-20-25-50-27-33(51-26-32-21-18-17-19-22-32)28-52-55(48,49)53-29-35-37(46)38(47)40(30-41,54-35)36-24-23-34-39(42)43-31-44-45(34)36/h19-21,23-26,33,35,37,39-40H,4-18,22,27-31H2,1-3H3,(H,49,50)(H2,45,46,47);17-19,21-24,31,33,35,37-38,46-47H,2-16,20,25-29H2,1H3,(H,48,49)(H2,42,43,44)/t35-,37-,39-,40-,43+;33-,35-,37-,38-,40+/m11/s1. The lowest BCUT2D eigenvalue weighted by atomic mass is 9.92. The van der Waals surface area contributed by atoms with Gasteiger partial charge in [0.25, 0.3) is 0 Å². The average molecular weight is 1620 g/mol. The Morgan fingerprint density at radius 2 is 0.841 bits per heavy atom. The molecule has 3 aliphatic heterocycles. The molecular formula is C83H128N10O18P2. The molecule has 0 radical (unpaired) electrons. The number of benzene rings is 2. The quantitative estimate of drug-likeness (QED) is 0.0153. The predicted octanol–water partition coefficient (Wildman–Crippen LogP) is 16.1. The highest BCUT2D eigenvalue weighted by Gasteiger charge is 2.66. The van der Waals surface area contributed by atoms with Crippen LogP contribution >= 0.6 is 15.6 Å². The van der Waals surface area contributed by atoms with Crippen LogP contribution in [0.2, 0.25) is 0 Å². The molecule has 4 aromatic heterocycles. The Balaban J connectivity index is 0.000000284. The summed E-state index contributed by atoms with van der Waals surface area (Å²) >= 11 is 0. The molecule has 0 aliphatic carbocycles. The number of hydrogen-bond acceptors (Lipinski definition) is 24. The lowest BCUT2D eigenvalue weighted by Gasteiger charge is -2.29. The first-order chi connectivity index (χ1) is 54.8. The number of nitrogens with zero attached hydrogens (tertiary/aromatic N) is 8. The monoisotopic (exact) mass is 1610 g/mol. The predicted molar refractivity (Wildman–Crippen MR) is 429 cm³/mol. The minimum Gasteiger partial charge on any atom is -0.387 e. The third-order valence-corrected chi connectivity index (χ3v) is 22.8. The fraction of sp³-hybridized carbons (Fsp3) is 0.687. The number of aliphatic hydroxyl groups excluding tert-OH is 2. The van der Waals surface area contributed by atoms with Crippen molar-refractivity contribution in [2.45, 2.75) is 312 Å². The molecule has 30 heteroatoms. The molecule has 12 atom stereocenters. The van der Waals surface area contributed by atoms with E-state index < -0.39 is 94.7 Å². The van der Waals surface area contributed by atoms with Crippen LogP contribution in [0.5, 0.6) is 0 Å². The molecule has 9 rings (SSSR count). The normalized spacial score (nSPS) is 22.2. The van der Waals surface area contributed by atoms with Gasteiger partial charge >= 0.3 is 15.6 Å². The number of hydrogen-bond donors (Lipinski definition) is 6. The molecule has 0 bridgehead atoms. The molecule has 0 spiro atoms. The Hall–Kier alpha value is -5.92. The van der Waals surface area contributed by atoms with Crippen LogP contribution in [-0.4, -0.2) is 157 Å². The minimum atomic E-state index is -4.71. The zero-order chi connectivity index (χ0) is 80.6. The van der Waals surface area contributed by atoms with Crippen molar-refractivity contribution in [3.8, 4) is 12.1 Å². The first-order valence-corrected chi connectivity index (χ1v) is 44.5. The second-order valence-corrected chi connectivity index (χ2v) is 33.4. The van der Waals surface area contributed by atoms with E-state index >= 15 is 0 Å². The van der Waals surface area contributed by atoms with Gasteiger partial charge in [0.2, 0.25) is 11.2 Å². The molecule has 28 nitrogen and oxygen atoms in total. The lowest BCUT2D eigenvalue weighted by molar-refractivity contribution is -0.204. The first-order valence-electron chi connectivity index (χ1n) is 41.6. The number of aromatic nitrogens is 6. The molecule has 7 heterocycles. The summed E-state index contributed by atoms with van der Waals surface area (Å²) in [5, 5.41) is 50.8. The fourth-order valence-electron chi connectivity index (χ4n) is 14.6. The maximum atomic E-state index is 13.3. The zero-order valence-corrected chi connectivity index (χ0v) is 69.0. The van der Waals surface area contributed by atoms with E-state index in [9.17, 15) is 39.7 Å². The number of phosphoric ester groups is 2. The van der Waals surface area contributed by atoms with E-state index in [-0.39, 0.29) is 57.0 Å². The van der Waals surface area contributed by atoms with Gasteiger partial charge in [0.1, 0.15) is 84.7 Å². The second-order valence-electron chi connectivity index (χ2n) is 30.5. The fourth-order valence-corrected chi connectivity index (χ4v) is 16.1. The van der Waals surface area contributed by atoms with E-state index in [4.69, 9.17) is 67.5 Å². The van der Waals surface area contributed by atoms with Gasteiger partial charge < -0.3 is 69.4 Å². The summed E-state index contributed by atoms with van der Waals surface area (Å²) in [4.78, 5) is 29.3. The molecule has 8 N–H and O–H groups in total. The largest absolute Gasteiger partial charge is 0.472 e. The number of anilines is 2. The van der Waals surface area contributed by atoms with Gasteiger partial charge in [0.15, 0.2) is 17.4 Å². The summed E-state index contributed by atoms with van der Waals surface area (Å²) in [6.45, 7) is 8.28. The average Bonchev–Trinajstić information content (AvgIpc) is 1.56. The van der Waals surface area contributed by atoms with Crippen LogP contribution in [-0.2, 0) is 89.5 Å². The molecule has 3 fully saturated rings. The Morgan fingerprint density at radius 1 is 0.478 bits per heavy atom. The van der Waals surface area contributed by atoms with Crippen LogP contribution in [0.15, 0.2) is 97.6 Å². The van der Waals surface area contributed by atoms with Crippen molar-refractivity contribution < 1.29 is 85.1 Å². The van der Waals surface area contributed by atoms with Crippen LogP contribution in [0.3, 0.4) is 0 Å². The smallest absolute Gasteiger partial charge is 0.387 e. The van der Waals surface area contributed by atoms with Crippen molar-refractivity contribution in [1.82, 2.24) is 29.2 Å². The van der Waals surface area contributed by atoms with Crippen molar-refractivity contribution in [2.75, 3.05) is 64.3 Å². The Morgan fingerprint density at radius 3 is 1.23 bits per heavy atom. The van der Waals surface area contributed by atoms with Crippen LogP contribution < -0.4 is 11.5 Å². The maximum absolute atomic E-state index is 13.3. The highest BCUT2D eigenvalue weighted by atomic mass is 31.2. The number of unbranched alkanes of at least 4 members (excludes halogenated alkanes) is 30. The number of ether oxygens (including phenoxy) is 8. The van der Waals surface area contributed by atoms with Crippen LogP contribution in [0.1, 0.15) is 256 Å². The van der Waals surface area contributed by atoms with E-state index in [0.717, 1.165) is 36.8 Å². The molecule has 0 saturated carbocycles. The molecule has 113 heavy (non-hydrogen) atoms. The molecule has 628 valence electrons. The van der Waals surface area contributed by atoms with Crippen LogP contribution in [0, 0.1) is 22.7 Å². The van der Waals surface area contributed by atoms with Gasteiger partial charge in [0, 0.05) is 13.2 Å². The van der Waals surface area contributed by atoms with Crippen molar-refractivity contribution in [1.29, 1.82) is 10.5 Å². The summed E-state index contributed by atoms with van der Waals surface area (Å²) in [5.74, 6) is -0.713. The maximum Gasteiger partial charge on any atom is 0.472 e. The van der Waals surface area contributed by atoms with Gasteiger partial charge in [0.05, 0.1) is 64.2 Å². The number of phosphoric acid groups is 2. The number of fused-ring (bicyclic) bond motifs is 3. The van der Waals surface area contributed by atoms with Gasteiger partial charge in [-0.3, -0.25) is 18.1 Å². The van der Waals surface area contributed by atoms with Crippen molar-refractivity contribution in [2.24, 2.45) is 0 Å². The Bertz CT molecular complexity index is 3840. The first kappa shape index (κ1) is 92.6. The van der Waals surface area contributed by atoms with Crippen LogP contribution in [0.25, 0.3) is 11.0 Å². The SMILES string of the molecule is CCCCCCCCCCCCCCCCCCOC[C@H](COP(=O)(O)OC[C@H]1O[C@@](C#N)(c2ccc3c(N)ncnn23)[C@@H]2OC(C)(C)O[C@@H]21)OCc1ccccc1.CCCCCCCCCCCCCCCCCCOC[C@H](COP(=O)(O)OC[C@H]1O[C@@](C#N)(c2ccc3c(N)ncnn23)[C@H](O)[C@@H]1O)OCc1ccccc1. The third kappa shape index (κ3) is 29.9.